The molecule has 4 heteroatoms. The van der Waals surface area contributed by atoms with Crippen molar-refractivity contribution in [3.8, 4) is 5.75 Å². The molecule has 64 valence electrons. The Bertz CT molecular complexity index is 206. The molecular formula is C8H10Cl2MgO. The molecule has 0 aliphatic rings. The van der Waals surface area contributed by atoms with Gasteiger partial charge in [-0.3, -0.25) is 0 Å². The standard InChI is InChI=1S/C8H10O.2ClH.Mg/c1-7-4-3-5-8(6-7)9-2;;;/h3-6H,1-2H3;2*1H;/q;;;+2/p-2. The van der Waals surface area contributed by atoms with Crippen LogP contribution in [-0.2, 0) is 0 Å². The zero-order chi connectivity index (χ0) is 6.69. The summed E-state index contributed by atoms with van der Waals surface area (Å²) in [5.41, 5.74) is 1.23. The fourth-order valence-electron chi connectivity index (χ4n) is 0.742. The minimum Gasteiger partial charge on any atom is -1.00 e. The van der Waals surface area contributed by atoms with Crippen LogP contribution >= 0.6 is 0 Å². The number of benzene rings is 1. The third-order valence-electron chi connectivity index (χ3n) is 1.23. The van der Waals surface area contributed by atoms with Gasteiger partial charge in [0.15, 0.2) is 0 Å². The van der Waals surface area contributed by atoms with Gasteiger partial charge in [-0.25, -0.2) is 0 Å². The zero-order valence-corrected chi connectivity index (χ0v) is 10.1. The SMILES string of the molecule is COc1cccc(C)c1.[Cl-].[Cl-].[Mg+2]. The van der Waals surface area contributed by atoms with E-state index in [-0.39, 0.29) is 47.9 Å². The minimum absolute atomic E-state index is 0. The fourth-order valence-corrected chi connectivity index (χ4v) is 0.742. The number of rotatable bonds is 1. The van der Waals surface area contributed by atoms with Gasteiger partial charge in [-0.1, -0.05) is 12.1 Å². The van der Waals surface area contributed by atoms with E-state index in [1.165, 1.54) is 5.56 Å². The molecule has 0 amide bonds. The molecule has 0 atom stereocenters. The quantitative estimate of drug-likeness (QED) is 0.432. The molecule has 0 radical (unpaired) electrons. The van der Waals surface area contributed by atoms with Crippen molar-refractivity contribution in [2.75, 3.05) is 7.11 Å². The van der Waals surface area contributed by atoms with E-state index in [0.717, 1.165) is 5.75 Å². The number of hydrogen-bond acceptors (Lipinski definition) is 1. The molecule has 0 saturated heterocycles. The van der Waals surface area contributed by atoms with Crippen molar-refractivity contribution in [2.24, 2.45) is 0 Å². The first-order valence-corrected chi connectivity index (χ1v) is 2.93. The van der Waals surface area contributed by atoms with Crippen LogP contribution in [0.3, 0.4) is 0 Å². The Morgan fingerprint density at radius 1 is 1.17 bits per heavy atom. The number of methoxy groups -OCH3 is 1. The first-order valence-electron chi connectivity index (χ1n) is 2.93. The van der Waals surface area contributed by atoms with Gasteiger partial charge in [0, 0.05) is 0 Å². The van der Waals surface area contributed by atoms with Crippen LogP contribution in [0.15, 0.2) is 24.3 Å². The molecule has 1 aromatic rings. The van der Waals surface area contributed by atoms with Gasteiger partial charge in [0.1, 0.15) is 5.75 Å². The summed E-state index contributed by atoms with van der Waals surface area (Å²) in [6, 6.07) is 7.96. The number of aryl methyl sites for hydroxylation is 1. The maximum atomic E-state index is 5.00. The normalized spacial score (nSPS) is 6.83. The van der Waals surface area contributed by atoms with Gasteiger partial charge in [-0.15, -0.1) is 0 Å². The molecule has 1 aromatic carbocycles. The summed E-state index contributed by atoms with van der Waals surface area (Å²) in [6.07, 6.45) is 0. The van der Waals surface area contributed by atoms with Crippen LogP contribution in [0.4, 0.5) is 0 Å². The van der Waals surface area contributed by atoms with Crippen molar-refractivity contribution in [3.05, 3.63) is 29.8 Å². The number of hydrogen-bond donors (Lipinski definition) is 0. The predicted octanol–water partition coefficient (Wildman–Crippen LogP) is -4.37. The van der Waals surface area contributed by atoms with Crippen LogP contribution in [0.25, 0.3) is 0 Å². The molecule has 0 aliphatic carbocycles. The summed E-state index contributed by atoms with van der Waals surface area (Å²) in [6.45, 7) is 2.04. The molecule has 0 aromatic heterocycles. The molecule has 0 bridgehead atoms. The van der Waals surface area contributed by atoms with E-state index in [1.807, 2.05) is 31.2 Å². The minimum atomic E-state index is 0. The second-order valence-corrected chi connectivity index (χ2v) is 2.02. The van der Waals surface area contributed by atoms with Gasteiger partial charge in [0.25, 0.3) is 0 Å². The number of ether oxygens (including phenoxy) is 1. The second kappa shape index (κ2) is 9.45. The van der Waals surface area contributed by atoms with Gasteiger partial charge in [0.05, 0.1) is 7.11 Å². The third kappa shape index (κ3) is 5.95. The van der Waals surface area contributed by atoms with E-state index in [2.05, 4.69) is 0 Å². The average molecular weight is 217 g/mol. The summed E-state index contributed by atoms with van der Waals surface area (Å²) in [4.78, 5) is 0. The van der Waals surface area contributed by atoms with Crippen molar-refractivity contribution in [1.82, 2.24) is 0 Å². The Morgan fingerprint density at radius 2 is 1.75 bits per heavy atom. The smallest absolute Gasteiger partial charge is 1.00 e. The summed E-state index contributed by atoms with van der Waals surface area (Å²) >= 11 is 0. The Kier molecular flexibility index (Phi) is 14.3. The van der Waals surface area contributed by atoms with Gasteiger partial charge in [-0.2, -0.15) is 0 Å². The van der Waals surface area contributed by atoms with Crippen molar-refractivity contribution in [3.63, 3.8) is 0 Å². The molecule has 0 fully saturated rings. The van der Waals surface area contributed by atoms with E-state index in [0.29, 0.717) is 0 Å². The van der Waals surface area contributed by atoms with E-state index in [9.17, 15) is 0 Å². The van der Waals surface area contributed by atoms with E-state index < -0.39 is 0 Å². The Morgan fingerprint density at radius 3 is 2.08 bits per heavy atom. The van der Waals surface area contributed by atoms with Crippen LogP contribution in [-0.4, -0.2) is 30.2 Å². The van der Waals surface area contributed by atoms with Crippen LogP contribution < -0.4 is 29.6 Å². The monoisotopic (exact) mass is 216 g/mol. The van der Waals surface area contributed by atoms with Gasteiger partial charge in [0.2, 0.25) is 0 Å². The molecule has 1 rings (SSSR count). The van der Waals surface area contributed by atoms with Crippen LogP contribution in [0, 0.1) is 6.92 Å². The Balaban J connectivity index is -0.000000270. The molecule has 0 N–H and O–H groups in total. The van der Waals surface area contributed by atoms with E-state index in [4.69, 9.17) is 4.74 Å². The topological polar surface area (TPSA) is 9.23 Å². The number of halogens is 2. The predicted molar refractivity (Wildman–Crippen MR) is 43.5 cm³/mol. The maximum Gasteiger partial charge on any atom is 2.00 e. The zero-order valence-electron chi connectivity index (χ0n) is 7.18. The Hall–Kier alpha value is 0.366. The summed E-state index contributed by atoms with van der Waals surface area (Å²) in [7, 11) is 1.68. The van der Waals surface area contributed by atoms with Crippen LogP contribution in [0.5, 0.6) is 5.75 Å². The fraction of sp³-hybridized carbons (Fsp3) is 0.250. The molecular weight excluding hydrogens is 207 g/mol. The van der Waals surface area contributed by atoms with Gasteiger partial charge < -0.3 is 29.6 Å². The Labute approximate surface area is 102 Å². The van der Waals surface area contributed by atoms with E-state index >= 15 is 0 Å². The second-order valence-electron chi connectivity index (χ2n) is 2.02. The summed E-state index contributed by atoms with van der Waals surface area (Å²) < 4.78 is 5.00. The summed E-state index contributed by atoms with van der Waals surface area (Å²) in [5, 5.41) is 0. The molecule has 0 saturated carbocycles. The first-order chi connectivity index (χ1) is 4.33. The van der Waals surface area contributed by atoms with Crippen LogP contribution in [0.2, 0.25) is 0 Å². The molecule has 12 heavy (non-hydrogen) atoms. The van der Waals surface area contributed by atoms with Crippen molar-refractivity contribution >= 4 is 23.1 Å². The van der Waals surface area contributed by atoms with Gasteiger partial charge >= 0.3 is 23.1 Å². The molecule has 0 unspecified atom stereocenters. The molecule has 0 aliphatic heterocycles. The van der Waals surface area contributed by atoms with Crippen molar-refractivity contribution in [2.45, 2.75) is 6.92 Å². The van der Waals surface area contributed by atoms with Gasteiger partial charge in [-0.05, 0) is 24.6 Å². The molecule has 0 spiro atoms. The third-order valence-corrected chi connectivity index (χ3v) is 1.23. The van der Waals surface area contributed by atoms with Crippen LogP contribution in [0.1, 0.15) is 5.56 Å². The summed E-state index contributed by atoms with van der Waals surface area (Å²) in [5.74, 6) is 0.926. The maximum absolute atomic E-state index is 5.00. The average Bonchev–Trinajstić information content (AvgIpc) is 1.88. The van der Waals surface area contributed by atoms with Crippen molar-refractivity contribution in [1.29, 1.82) is 0 Å². The molecule has 1 nitrogen and oxygen atoms in total. The molecule has 0 heterocycles. The van der Waals surface area contributed by atoms with Crippen molar-refractivity contribution < 1.29 is 29.6 Å². The largest absolute Gasteiger partial charge is 2.00 e. The van der Waals surface area contributed by atoms with E-state index in [1.54, 1.807) is 7.11 Å². The first kappa shape index (κ1) is 18.2.